The normalized spacial score (nSPS) is 11.0. The molecule has 4 aromatic rings. The second-order valence-electron chi connectivity index (χ2n) is 5.95. The largest absolute Gasteiger partial charge is 0.300 e. The molecule has 27 heavy (non-hydrogen) atoms. The molecule has 4 rings (SSSR count). The minimum Gasteiger partial charge on any atom is -0.300 e. The van der Waals surface area contributed by atoms with Gasteiger partial charge in [-0.1, -0.05) is 31.2 Å². The van der Waals surface area contributed by atoms with Crippen LogP contribution in [0.1, 0.15) is 12.5 Å². The zero-order valence-electron chi connectivity index (χ0n) is 14.5. The van der Waals surface area contributed by atoms with Crippen LogP contribution in [0.25, 0.3) is 21.5 Å². The van der Waals surface area contributed by atoms with Crippen LogP contribution in [0.3, 0.4) is 0 Å². The Labute approximate surface area is 163 Å². The average Bonchev–Trinajstić information content (AvgIpc) is 3.34. The Morgan fingerprint density at radius 2 is 2.00 bits per heavy atom. The first-order chi connectivity index (χ1) is 13.1. The van der Waals surface area contributed by atoms with E-state index in [1.807, 2.05) is 22.9 Å². The van der Waals surface area contributed by atoms with Gasteiger partial charge in [0.25, 0.3) is 5.56 Å². The Morgan fingerprint density at radius 3 is 2.78 bits per heavy atom. The minimum atomic E-state index is -0.310. The number of benzene rings is 1. The van der Waals surface area contributed by atoms with E-state index in [0.29, 0.717) is 15.3 Å². The van der Waals surface area contributed by atoms with Crippen LogP contribution in [0.2, 0.25) is 0 Å². The third-order valence-electron chi connectivity index (χ3n) is 4.17. The number of amides is 1. The number of fused-ring (bicyclic) bond motifs is 1. The lowest BCUT2D eigenvalue weighted by atomic mass is 10.1. The highest BCUT2D eigenvalue weighted by Crippen LogP contribution is 2.25. The molecule has 0 atom stereocenters. The molecule has 0 unspecified atom stereocenters. The molecule has 6 nitrogen and oxygen atoms in total. The number of hydrogen-bond acceptors (Lipinski definition) is 6. The van der Waals surface area contributed by atoms with Gasteiger partial charge in [-0.3, -0.25) is 14.2 Å². The quantitative estimate of drug-likeness (QED) is 0.557. The van der Waals surface area contributed by atoms with Crippen molar-refractivity contribution in [3.63, 3.8) is 0 Å². The third-order valence-corrected chi connectivity index (χ3v) is 5.75. The Balaban J connectivity index is 1.47. The number of thiophene rings is 1. The van der Waals surface area contributed by atoms with Gasteiger partial charge in [0.15, 0.2) is 5.13 Å². The van der Waals surface area contributed by atoms with E-state index in [9.17, 15) is 9.59 Å². The molecular weight excluding hydrogens is 380 g/mol. The molecular formula is C19H16N4O2S2. The maximum absolute atomic E-state index is 12.4. The van der Waals surface area contributed by atoms with Crippen molar-refractivity contribution < 1.29 is 4.79 Å². The first-order valence-corrected chi connectivity index (χ1v) is 10.2. The zero-order chi connectivity index (χ0) is 18.8. The van der Waals surface area contributed by atoms with Crippen LogP contribution < -0.4 is 10.9 Å². The number of aryl methyl sites for hydroxylation is 1. The van der Waals surface area contributed by atoms with E-state index in [0.717, 1.165) is 17.7 Å². The molecule has 0 aliphatic carbocycles. The monoisotopic (exact) mass is 396 g/mol. The molecule has 0 aliphatic rings. The molecule has 1 amide bonds. The second kappa shape index (κ2) is 7.42. The molecule has 0 saturated carbocycles. The fourth-order valence-corrected chi connectivity index (χ4v) is 4.15. The lowest BCUT2D eigenvalue weighted by molar-refractivity contribution is -0.116. The predicted octanol–water partition coefficient (Wildman–Crippen LogP) is 3.78. The summed E-state index contributed by atoms with van der Waals surface area (Å²) in [6.45, 7) is 2.01. The summed E-state index contributed by atoms with van der Waals surface area (Å²) in [6.07, 6.45) is 2.40. The summed E-state index contributed by atoms with van der Waals surface area (Å²) in [6, 6.07) is 9.93. The summed E-state index contributed by atoms with van der Waals surface area (Å²) in [5.41, 5.74) is 2.88. The number of rotatable bonds is 5. The van der Waals surface area contributed by atoms with Gasteiger partial charge in [-0.2, -0.15) is 0 Å². The van der Waals surface area contributed by atoms with Crippen LogP contribution in [0.5, 0.6) is 0 Å². The SMILES string of the molecule is CCc1ccc(-c2csc(NC(=O)Cn3cnc4sccc4c3=O)n2)cc1. The average molecular weight is 396 g/mol. The van der Waals surface area contributed by atoms with Crippen molar-refractivity contribution in [3.8, 4) is 11.3 Å². The number of hydrogen-bond donors (Lipinski definition) is 1. The van der Waals surface area contributed by atoms with Gasteiger partial charge in [-0.15, -0.1) is 22.7 Å². The summed E-state index contributed by atoms with van der Waals surface area (Å²) >= 11 is 2.76. The number of carbonyl (C=O) groups is 1. The summed E-state index contributed by atoms with van der Waals surface area (Å²) in [7, 11) is 0. The topological polar surface area (TPSA) is 76.9 Å². The van der Waals surface area contributed by atoms with Crippen LogP contribution in [0.4, 0.5) is 5.13 Å². The van der Waals surface area contributed by atoms with Crippen LogP contribution in [0.15, 0.2) is 52.2 Å². The lowest BCUT2D eigenvalue weighted by Crippen LogP contribution is -2.27. The van der Waals surface area contributed by atoms with Crippen molar-refractivity contribution in [1.82, 2.24) is 14.5 Å². The molecule has 0 radical (unpaired) electrons. The van der Waals surface area contributed by atoms with Gasteiger partial charge in [-0.05, 0) is 23.4 Å². The molecule has 0 spiro atoms. The molecule has 0 bridgehead atoms. The first kappa shape index (κ1) is 17.6. The maximum atomic E-state index is 12.4. The number of thiazole rings is 1. The molecule has 0 aliphatic heterocycles. The Hall–Kier alpha value is -2.84. The van der Waals surface area contributed by atoms with Gasteiger partial charge in [0.1, 0.15) is 11.4 Å². The van der Waals surface area contributed by atoms with Gasteiger partial charge < -0.3 is 5.32 Å². The second-order valence-corrected chi connectivity index (χ2v) is 7.71. The van der Waals surface area contributed by atoms with Crippen molar-refractivity contribution in [2.75, 3.05) is 5.32 Å². The lowest BCUT2D eigenvalue weighted by Gasteiger charge is -2.05. The van der Waals surface area contributed by atoms with Crippen molar-refractivity contribution in [2.24, 2.45) is 0 Å². The van der Waals surface area contributed by atoms with Crippen LogP contribution >= 0.6 is 22.7 Å². The summed E-state index contributed by atoms with van der Waals surface area (Å²) in [5.74, 6) is -0.310. The number of aromatic nitrogens is 3. The number of anilines is 1. The van der Waals surface area contributed by atoms with Crippen LogP contribution in [0, 0.1) is 0 Å². The highest BCUT2D eigenvalue weighted by Gasteiger charge is 2.11. The fourth-order valence-electron chi connectivity index (χ4n) is 2.69. The Bertz CT molecular complexity index is 1160. The predicted molar refractivity (Wildman–Crippen MR) is 109 cm³/mol. The van der Waals surface area contributed by atoms with E-state index in [-0.39, 0.29) is 18.0 Å². The molecule has 3 aromatic heterocycles. The van der Waals surface area contributed by atoms with Crippen molar-refractivity contribution >= 4 is 43.9 Å². The number of carbonyl (C=O) groups excluding carboxylic acids is 1. The molecule has 0 fully saturated rings. The van der Waals surface area contributed by atoms with Gasteiger partial charge in [0.2, 0.25) is 5.91 Å². The smallest absolute Gasteiger partial charge is 0.262 e. The van der Waals surface area contributed by atoms with E-state index in [1.54, 1.807) is 6.07 Å². The highest BCUT2D eigenvalue weighted by atomic mass is 32.1. The Kier molecular flexibility index (Phi) is 4.83. The molecule has 1 aromatic carbocycles. The summed E-state index contributed by atoms with van der Waals surface area (Å²) < 4.78 is 1.31. The van der Waals surface area contributed by atoms with E-state index in [2.05, 4.69) is 34.3 Å². The molecule has 3 heterocycles. The van der Waals surface area contributed by atoms with Crippen molar-refractivity contribution in [1.29, 1.82) is 0 Å². The van der Waals surface area contributed by atoms with E-state index >= 15 is 0 Å². The highest BCUT2D eigenvalue weighted by molar-refractivity contribution is 7.16. The third kappa shape index (κ3) is 3.67. The van der Waals surface area contributed by atoms with Crippen LogP contribution in [-0.4, -0.2) is 20.4 Å². The molecule has 136 valence electrons. The van der Waals surface area contributed by atoms with Crippen LogP contribution in [-0.2, 0) is 17.8 Å². The van der Waals surface area contributed by atoms with Gasteiger partial charge in [0.05, 0.1) is 17.4 Å². The van der Waals surface area contributed by atoms with Gasteiger partial charge in [0, 0.05) is 10.9 Å². The summed E-state index contributed by atoms with van der Waals surface area (Å²) in [4.78, 5) is 34.0. The zero-order valence-corrected chi connectivity index (χ0v) is 16.1. The minimum absolute atomic E-state index is 0.0995. The standard InChI is InChI=1S/C19H16N4O2S2/c1-2-12-3-5-13(6-4-12)15-10-27-19(21-15)22-16(24)9-23-11-20-17-14(18(23)25)7-8-26-17/h3-8,10-11H,2,9H2,1H3,(H,21,22,24). The van der Waals surface area contributed by atoms with E-state index < -0.39 is 0 Å². The van der Waals surface area contributed by atoms with Crippen molar-refractivity contribution in [2.45, 2.75) is 19.9 Å². The number of nitrogens with zero attached hydrogens (tertiary/aromatic N) is 3. The molecule has 8 heteroatoms. The van der Waals surface area contributed by atoms with Gasteiger partial charge >= 0.3 is 0 Å². The van der Waals surface area contributed by atoms with Crippen molar-refractivity contribution in [3.05, 3.63) is 63.3 Å². The fraction of sp³-hybridized carbons (Fsp3) is 0.158. The number of nitrogens with one attached hydrogen (secondary N) is 1. The van der Waals surface area contributed by atoms with Gasteiger partial charge in [-0.25, -0.2) is 9.97 Å². The molecule has 1 N–H and O–H groups in total. The molecule has 0 saturated heterocycles. The summed E-state index contributed by atoms with van der Waals surface area (Å²) in [5, 5.41) is 7.51. The Morgan fingerprint density at radius 1 is 1.19 bits per heavy atom. The maximum Gasteiger partial charge on any atom is 0.262 e. The van der Waals surface area contributed by atoms with E-state index in [4.69, 9.17) is 0 Å². The van der Waals surface area contributed by atoms with E-state index in [1.165, 1.54) is 39.1 Å². The first-order valence-electron chi connectivity index (χ1n) is 8.41.